The van der Waals surface area contributed by atoms with E-state index in [1.165, 1.54) is 6.07 Å². The molecular weight excluding hydrogens is 330 g/mol. The van der Waals surface area contributed by atoms with Gasteiger partial charge in [-0.05, 0) is 29.8 Å². The molecule has 0 aliphatic carbocycles. The van der Waals surface area contributed by atoms with Gasteiger partial charge in [0.1, 0.15) is 15.9 Å². The third kappa shape index (κ3) is 3.06. The molecule has 0 saturated heterocycles. The lowest BCUT2D eigenvalue weighted by Gasteiger charge is -2.07. The van der Waals surface area contributed by atoms with E-state index < -0.39 is 10.0 Å². The summed E-state index contributed by atoms with van der Waals surface area (Å²) >= 11 is 6.79. The fourth-order valence-corrected chi connectivity index (χ4v) is 3.76. The van der Waals surface area contributed by atoms with E-state index in [4.69, 9.17) is 11.6 Å². The topological polar surface area (TPSA) is 72.0 Å². The van der Waals surface area contributed by atoms with Gasteiger partial charge in [0.15, 0.2) is 0 Å². The number of benzene rings is 2. The van der Waals surface area contributed by atoms with E-state index in [2.05, 4.69) is 13.5 Å². The summed E-state index contributed by atoms with van der Waals surface area (Å²) in [6.07, 6.45) is 0. The van der Waals surface area contributed by atoms with Gasteiger partial charge in [-0.1, -0.05) is 29.8 Å². The Labute approximate surface area is 131 Å². The molecule has 2 aromatic carbocycles. The molecule has 8 heteroatoms. The van der Waals surface area contributed by atoms with Crippen LogP contribution >= 0.6 is 23.3 Å². The van der Waals surface area contributed by atoms with Crippen molar-refractivity contribution in [1.82, 2.24) is 13.5 Å². The average molecular weight is 340 g/mol. The zero-order chi connectivity index (χ0) is 14.9. The molecule has 21 heavy (non-hydrogen) atoms. The zero-order valence-corrected chi connectivity index (χ0v) is 13.0. The monoisotopic (exact) mass is 339 g/mol. The molecule has 1 N–H and O–H groups in total. The quantitative estimate of drug-likeness (QED) is 0.793. The van der Waals surface area contributed by atoms with E-state index in [1.807, 2.05) is 0 Å². The first-order valence-corrected chi connectivity index (χ1v) is 8.61. The number of nitrogens with zero attached hydrogens (tertiary/aromatic N) is 2. The minimum atomic E-state index is -3.64. The van der Waals surface area contributed by atoms with Gasteiger partial charge >= 0.3 is 0 Å². The Hall–Kier alpha value is -1.54. The SMILES string of the molecule is O=S(=O)(NCc1ccc(Cl)cc1)c1cccc2nsnc12. The number of aromatic nitrogens is 2. The predicted octanol–water partition coefficient (Wildman–Crippen LogP) is 2.82. The van der Waals surface area contributed by atoms with E-state index in [1.54, 1.807) is 36.4 Å². The minimum absolute atomic E-state index is 0.141. The molecule has 3 aromatic rings. The Kier molecular flexibility index (Phi) is 3.90. The van der Waals surface area contributed by atoms with Crippen molar-refractivity contribution in [3.8, 4) is 0 Å². The first-order valence-electron chi connectivity index (χ1n) is 6.02. The van der Waals surface area contributed by atoms with Crippen molar-refractivity contribution in [2.24, 2.45) is 0 Å². The Bertz CT molecular complexity index is 876. The van der Waals surface area contributed by atoms with Gasteiger partial charge in [0.2, 0.25) is 10.0 Å². The lowest BCUT2D eigenvalue weighted by molar-refractivity contribution is 0.582. The number of sulfonamides is 1. The highest BCUT2D eigenvalue weighted by Crippen LogP contribution is 2.21. The van der Waals surface area contributed by atoms with Gasteiger partial charge in [0.25, 0.3) is 0 Å². The number of halogens is 1. The van der Waals surface area contributed by atoms with Crippen LogP contribution in [0.15, 0.2) is 47.4 Å². The lowest BCUT2D eigenvalue weighted by atomic mass is 10.2. The molecule has 5 nitrogen and oxygen atoms in total. The van der Waals surface area contributed by atoms with Crippen molar-refractivity contribution >= 4 is 44.4 Å². The second-order valence-electron chi connectivity index (χ2n) is 4.34. The van der Waals surface area contributed by atoms with Crippen LogP contribution in [0.3, 0.4) is 0 Å². The second kappa shape index (κ2) is 5.69. The van der Waals surface area contributed by atoms with Gasteiger partial charge in [-0.2, -0.15) is 8.75 Å². The lowest BCUT2D eigenvalue weighted by Crippen LogP contribution is -2.23. The summed E-state index contributed by atoms with van der Waals surface area (Å²) in [6, 6.07) is 11.9. The molecular formula is C13H10ClN3O2S2. The van der Waals surface area contributed by atoms with Crippen LogP contribution < -0.4 is 4.72 Å². The molecule has 1 heterocycles. The van der Waals surface area contributed by atoms with Crippen LogP contribution in [0.2, 0.25) is 5.02 Å². The summed E-state index contributed by atoms with van der Waals surface area (Å²) in [7, 11) is -3.64. The van der Waals surface area contributed by atoms with Gasteiger partial charge in [0.05, 0.1) is 11.7 Å². The average Bonchev–Trinajstić information content (AvgIpc) is 2.95. The van der Waals surface area contributed by atoms with Crippen molar-refractivity contribution in [3.63, 3.8) is 0 Å². The Balaban J connectivity index is 1.87. The van der Waals surface area contributed by atoms with Gasteiger partial charge in [0, 0.05) is 11.6 Å². The molecule has 0 unspecified atom stereocenters. The smallest absolute Gasteiger partial charge is 0.207 e. The molecule has 0 fully saturated rings. The zero-order valence-electron chi connectivity index (χ0n) is 10.7. The number of hydrogen-bond donors (Lipinski definition) is 1. The van der Waals surface area contributed by atoms with Gasteiger partial charge in [-0.3, -0.25) is 0 Å². The largest absolute Gasteiger partial charge is 0.243 e. The third-order valence-electron chi connectivity index (χ3n) is 2.92. The second-order valence-corrected chi connectivity index (χ2v) is 7.04. The van der Waals surface area contributed by atoms with Crippen LogP contribution in [-0.4, -0.2) is 17.2 Å². The standard InChI is InChI=1S/C13H10ClN3O2S2/c14-10-6-4-9(5-7-10)8-15-21(18,19)12-3-1-2-11-13(12)17-20-16-11/h1-7,15H,8H2. The van der Waals surface area contributed by atoms with E-state index in [9.17, 15) is 8.42 Å². The van der Waals surface area contributed by atoms with Crippen molar-refractivity contribution in [3.05, 3.63) is 53.1 Å². The van der Waals surface area contributed by atoms with E-state index in [-0.39, 0.29) is 11.4 Å². The van der Waals surface area contributed by atoms with E-state index >= 15 is 0 Å². The van der Waals surface area contributed by atoms with Gasteiger partial charge in [-0.25, -0.2) is 13.1 Å². The highest BCUT2D eigenvalue weighted by atomic mass is 35.5. The van der Waals surface area contributed by atoms with Crippen LogP contribution in [0.25, 0.3) is 11.0 Å². The first-order chi connectivity index (χ1) is 10.1. The molecule has 3 rings (SSSR count). The highest BCUT2D eigenvalue weighted by Gasteiger charge is 2.19. The minimum Gasteiger partial charge on any atom is -0.207 e. The molecule has 0 aliphatic rings. The molecule has 108 valence electrons. The third-order valence-corrected chi connectivity index (χ3v) is 5.15. The van der Waals surface area contributed by atoms with E-state index in [0.29, 0.717) is 16.1 Å². The van der Waals surface area contributed by atoms with Crippen LogP contribution in [-0.2, 0) is 16.6 Å². The van der Waals surface area contributed by atoms with Gasteiger partial charge in [-0.15, -0.1) is 0 Å². The summed E-state index contributed by atoms with van der Waals surface area (Å²) in [4.78, 5) is 0.141. The van der Waals surface area contributed by atoms with E-state index in [0.717, 1.165) is 17.3 Å². The summed E-state index contributed by atoms with van der Waals surface area (Å²) in [6.45, 7) is 0.188. The molecule has 0 atom stereocenters. The molecule has 0 spiro atoms. The maximum absolute atomic E-state index is 12.4. The Morgan fingerprint density at radius 3 is 2.62 bits per heavy atom. The Morgan fingerprint density at radius 1 is 1.10 bits per heavy atom. The number of rotatable bonds is 4. The summed E-state index contributed by atoms with van der Waals surface area (Å²) < 4.78 is 35.4. The van der Waals surface area contributed by atoms with Crippen LogP contribution in [0, 0.1) is 0 Å². The van der Waals surface area contributed by atoms with Gasteiger partial charge < -0.3 is 0 Å². The Morgan fingerprint density at radius 2 is 1.86 bits per heavy atom. The fourth-order valence-electron chi connectivity index (χ4n) is 1.86. The predicted molar refractivity (Wildman–Crippen MR) is 82.9 cm³/mol. The fraction of sp³-hybridized carbons (Fsp3) is 0.0769. The number of hydrogen-bond acceptors (Lipinski definition) is 5. The number of fused-ring (bicyclic) bond motifs is 1. The highest BCUT2D eigenvalue weighted by molar-refractivity contribution is 7.89. The summed E-state index contributed by atoms with van der Waals surface area (Å²) in [5.74, 6) is 0. The maximum Gasteiger partial charge on any atom is 0.243 e. The van der Waals surface area contributed by atoms with Crippen LogP contribution in [0.4, 0.5) is 0 Å². The number of nitrogens with one attached hydrogen (secondary N) is 1. The normalized spacial score (nSPS) is 11.9. The van der Waals surface area contributed by atoms with Crippen molar-refractivity contribution in [2.45, 2.75) is 11.4 Å². The maximum atomic E-state index is 12.4. The molecule has 0 amide bonds. The van der Waals surface area contributed by atoms with Crippen molar-refractivity contribution < 1.29 is 8.42 Å². The summed E-state index contributed by atoms with van der Waals surface area (Å²) in [5.41, 5.74) is 1.80. The molecule has 0 radical (unpaired) electrons. The first kappa shape index (κ1) is 14.4. The molecule has 0 saturated carbocycles. The summed E-state index contributed by atoms with van der Waals surface area (Å²) in [5, 5.41) is 0.611. The molecule has 1 aromatic heterocycles. The van der Waals surface area contributed by atoms with Crippen LogP contribution in [0.5, 0.6) is 0 Å². The molecule has 0 aliphatic heterocycles. The van der Waals surface area contributed by atoms with Crippen molar-refractivity contribution in [2.75, 3.05) is 0 Å². The molecule has 0 bridgehead atoms. The van der Waals surface area contributed by atoms with Crippen molar-refractivity contribution in [1.29, 1.82) is 0 Å². The van der Waals surface area contributed by atoms with Crippen LogP contribution in [0.1, 0.15) is 5.56 Å².